The van der Waals surface area contributed by atoms with Crippen molar-refractivity contribution < 1.29 is 19.3 Å². The van der Waals surface area contributed by atoms with Crippen LogP contribution in [0.15, 0.2) is 51.7 Å². The Hall–Kier alpha value is -3.16. The maximum Gasteiger partial charge on any atom is 0.347 e. The first-order chi connectivity index (χ1) is 14.5. The van der Waals surface area contributed by atoms with Crippen molar-refractivity contribution in [3.63, 3.8) is 0 Å². The first kappa shape index (κ1) is 18.8. The van der Waals surface area contributed by atoms with Crippen LogP contribution in [-0.4, -0.2) is 47.9 Å². The van der Waals surface area contributed by atoms with E-state index in [1.54, 1.807) is 12.1 Å². The van der Waals surface area contributed by atoms with Crippen molar-refractivity contribution in [2.24, 2.45) is 7.05 Å². The van der Waals surface area contributed by atoms with Gasteiger partial charge < -0.3 is 23.9 Å². The first-order valence-corrected chi connectivity index (χ1v) is 10.4. The predicted octanol–water partition coefficient (Wildman–Crippen LogP) is -0.0345. The van der Waals surface area contributed by atoms with Gasteiger partial charge >= 0.3 is 5.63 Å². The number of rotatable bonds is 3. The number of imidazole rings is 1. The molecule has 0 atom stereocenters. The summed E-state index contributed by atoms with van der Waals surface area (Å²) in [5, 5.41) is 11.3. The molecule has 0 aliphatic carbocycles. The molecule has 3 heterocycles. The number of aromatic nitrogens is 2. The largest absolute Gasteiger partial charge is 0.507 e. The molecule has 5 rings (SSSR count). The molecule has 0 saturated carbocycles. The third-order valence-corrected chi connectivity index (χ3v) is 6.25. The Balaban J connectivity index is 1.60. The first-order valence-electron chi connectivity index (χ1n) is 10.4. The van der Waals surface area contributed by atoms with Gasteiger partial charge in [0.15, 0.2) is 5.58 Å². The number of phenols is 1. The van der Waals surface area contributed by atoms with Crippen LogP contribution < -0.4 is 15.4 Å². The lowest BCUT2D eigenvalue weighted by Crippen LogP contribution is -3.26. The Morgan fingerprint density at radius 2 is 1.90 bits per heavy atom. The number of aryl methyl sites for hydroxylation is 1. The molecule has 0 bridgehead atoms. The van der Waals surface area contributed by atoms with Gasteiger partial charge in [-0.25, -0.2) is 9.78 Å². The number of hydrogen-bond acceptors (Lipinski definition) is 4. The summed E-state index contributed by atoms with van der Waals surface area (Å²) in [6.07, 6.45) is 0. The minimum atomic E-state index is -0.439. The fraction of sp³-hybridized carbons (Fsp3) is 0.304. The average Bonchev–Trinajstić information content (AvgIpc) is 3.08. The van der Waals surface area contributed by atoms with Crippen molar-refractivity contribution in [3.05, 3.63) is 58.4 Å². The molecular formula is C23H26N4O3+2. The molecule has 0 unspecified atom stereocenters. The second-order valence-electron chi connectivity index (χ2n) is 8.30. The molecular weight excluding hydrogens is 380 g/mol. The number of piperazine rings is 1. The minimum absolute atomic E-state index is 0.180. The lowest BCUT2D eigenvalue weighted by molar-refractivity contribution is -1.01. The van der Waals surface area contributed by atoms with Crippen LogP contribution in [0.25, 0.3) is 33.4 Å². The third kappa shape index (κ3) is 3.16. The van der Waals surface area contributed by atoms with E-state index in [4.69, 9.17) is 4.42 Å². The van der Waals surface area contributed by atoms with E-state index in [1.165, 1.54) is 9.80 Å². The number of likely N-dealkylation sites (N-methyl/N-ethyl adjacent to an activating group) is 1. The Bertz CT molecular complexity index is 1300. The number of nitrogens with one attached hydrogen (secondary N) is 2. The summed E-state index contributed by atoms with van der Waals surface area (Å²) in [6.45, 7) is 4.90. The van der Waals surface area contributed by atoms with Crippen molar-refractivity contribution in [1.29, 1.82) is 0 Å². The molecule has 4 aromatic rings. The van der Waals surface area contributed by atoms with Gasteiger partial charge in [-0.15, -0.1) is 0 Å². The summed E-state index contributed by atoms with van der Waals surface area (Å²) < 4.78 is 7.69. The number of phenolic OH excluding ortho intramolecular Hbond substituents is 1. The maximum absolute atomic E-state index is 12.9. The van der Waals surface area contributed by atoms with E-state index in [9.17, 15) is 9.90 Å². The van der Waals surface area contributed by atoms with Gasteiger partial charge in [0.05, 0.1) is 23.6 Å². The molecule has 2 aromatic heterocycles. The minimum Gasteiger partial charge on any atom is -0.507 e. The second kappa shape index (κ2) is 7.27. The molecule has 30 heavy (non-hydrogen) atoms. The van der Waals surface area contributed by atoms with Gasteiger partial charge in [0.2, 0.25) is 0 Å². The Morgan fingerprint density at radius 1 is 1.13 bits per heavy atom. The number of nitrogens with zero attached hydrogens (tertiary/aromatic N) is 2. The molecule has 1 fully saturated rings. The number of para-hydroxylation sites is 2. The molecule has 1 aliphatic rings. The maximum atomic E-state index is 12.9. The van der Waals surface area contributed by atoms with Gasteiger partial charge in [-0.1, -0.05) is 12.1 Å². The summed E-state index contributed by atoms with van der Waals surface area (Å²) >= 11 is 0. The van der Waals surface area contributed by atoms with Crippen LogP contribution in [0.4, 0.5) is 0 Å². The Morgan fingerprint density at radius 3 is 2.67 bits per heavy atom. The van der Waals surface area contributed by atoms with E-state index >= 15 is 0 Å². The Labute approximate surface area is 173 Å². The zero-order valence-corrected chi connectivity index (χ0v) is 17.2. The van der Waals surface area contributed by atoms with Crippen LogP contribution in [-0.2, 0) is 13.6 Å². The van der Waals surface area contributed by atoms with Gasteiger partial charge in [0.1, 0.15) is 49.9 Å². The van der Waals surface area contributed by atoms with Crippen molar-refractivity contribution in [2.45, 2.75) is 6.54 Å². The summed E-state index contributed by atoms with van der Waals surface area (Å²) in [7, 11) is 4.10. The van der Waals surface area contributed by atoms with Crippen LogP contribution in [0.3, 0.4) is 0 Å². The SMILES string of the molecule is Cn1c(-c2cc3ccc(O)c(C[NH+]4CC[NH+](C)CC4)c3oc2=O)nc2ccccc21. The highest BCUT2D eigenvalue weighted by molar-refractivity contribution is 5.86. The highest BCUT2D eigenvalue weighted by Crippen LogP contribution is 2.29. The molecule has 3 N–H and O–H groups in total. The molecule has 0 spiro atoms. The van der Waals surface area contributed by atoms with Crippen LogP contribution in [0.5, 0.6) is 5.75 Å². The van der Waals surface area contributed by atoms with Gasteiger partial charge in [0.25, 0.3) is 0 Å². The second-order valence-corrected chi connectivity index (χ2v) is 8.30. The van der Waals surface area contributed by atoms with Crippen LogP contribution in [0, 0.1) is 0 Å². The number of benzene rings is 2. The number of aromatic hydroxyl groups is 1. The molecule has 7 nitrogen and oxygen atoms in total. The molecule has 154 valence electrons. The van der Waals surface area contributed by atoms with Gasteiger partial charge in [-0.3, -0.25) is 0 Å². The molecule has 1 aliphatic heterocycles. The average molecular weight is 406 g/mol. The summed E-state index contributed by atoms with van der Waals surface area (Å²) in [4.78, 5) is 20.5. The highest BCUT2D eigenvalue weighted by atomic mass is 16.4. The fourth-order valence-electron chi connectivity index (χ4n) is 4.40. The zero-order valence-electron chi connectivity index (χ0n) is 17.2. The summed E-state index contributed by atoms with van der Waals surface area (Å²) in [6, 6.07) is 13.1. The zero-order chi connectivity index (χ0) is 20.8. The van der Waals surface area contributed by atoms with Gasteiger partial charge in [-0.2, -0.15) is 0 Å². The van der Waals surface area contributed by atoms with Crippen molar-refractivity contribution in [1.82, 2.24) is 9.55 Å². The lowest BCUT2D eigenvalue weighted by Gasteiger charge is -2.27. The topological polar surface area (TPSA) is 77.1 Å². The van der Waals surface area contributed by atoms with Crippen LogP contribution in [0.2, 0.25) is 0 Å². The van der Waals surface area contributed by atoms with Gasteiger partial charge in [-0.05, 0) is 30.3 Å². The highest BCUT2D eigenvalue weighted by Gasteiger charge is 2.24. The van der Waals surface area contributed by atoms with E-state index in [0.717, 1.165) is 42.6 Å². The molecule has 0 radical (unpaired) electrons. The van der Waals surface area contributed by atoms with Crippen molar-refractivity contribution >= 4 is 22.0 Å². The van der Waals surface area contributed by atoms with Crippen molar-refractivity contribution in [3.8, 4) is 17.1 Å². The predicted molar refractivity (Wildman–Crippen MR) is 115 cm³/mol. The molecule has 7 heteroatoms. The smallest absolute Gasteiger partial charge is 0.347 e. The molecule has 2 aromatic carbocycles. The lowest BCUT2D eigenvalue weighted by atomic mass is 10.1. The van der Waals surface area contributed by atoms with E-state index in [1.807, 2.05) is 41.9 Å². The number of hydrogen-bond donors (Lipinski definition) is 3. The monoisotopic (exact) mass is 406 g/mol. The number of quaternary nitrogens is 2. The van der Waals surface area contributed by atoms with Crippen molar-refractivity contribution in [2.75, 3.05) is 33.2 Å². The number of fused-ring (bicyclic) bond motifs is 2. The van der Waals surface area contributed by atoms with E-state index in [-0.39, 0.29) is 5.75 Å². The Kier molecular flexibility index (Phi) is 4.56. The van der Waals surface area contributed by atoms with Crippen LogP contribution >= 0.6 is 0 Å². The fourth-order valence-corrected chi connectivity index (χ4v) is 4.40. The quantitative estimate of drug-likeness (QED) is 0.418. The van der Waals surface area contributed by atoms with E-state index in [2.05, 4.69) is 12.0 Å². The summed E-state index contributed by atoms with van der Waals surface area (Å²) in [5.41, 5.74) is 2.96. The normalized spacial score (nSPS) is 19.5. The summed E-state index contributed by atoms with van der Waals surface area (Å²) in [5.74, 6) is 0.758. The van der Waals surface area contributed by atoms with Crippen LogP contribution in [0.1, 0.15) is 5.56 Å². The standard InChI is InChI=1S/C23H24N4O3/c1-25-9-11-27(12-10-25)14-17-20(28)8-7-15-13-16(23(29)30-21(15)17)22-24-18-5-3-4-6-19(18)26(22)2/h3-8,13,28H,9-12,14H2,1-2H3/p+2. The molecule has 1 saturated heterocycles. The van der Waals surface area contributed by atoms with E-state index < -0.39 is 5.63 Å². The van der Waals surface area contributed by atoms with E-state index in [0.29, 0.717) is 29.1 Å². The third-order valence-electron chi connectivity index (χ3n) is 6.25. The molecule has 0 amide bonds. The van der Waals surface area contributed by atoms with Gasteiger partial charge in [0, 0.05) is 12.4 Å².